The van der Waals surface area contributed by atoms with Gasteiger partial charge in [0.05, 0.1) is 6.16 Å². The van der Waals surface area contributed by atoms with Crippen molar-refractivity contribution in [3.8, 4) is 0 Å². The second-order valence-corrected chi connectivity index (χ2v) is 5.14. The lowest BCUT2D eigenvalue weighted by Gasteiger charge is -2.14. The summed E-state index contributed by atoms with van der Waals surface area (Å²) in [5, 5.41) is 0. The molecule has 0 aliphatic rings. The molecule has 0 heterocycles. The van der Waals surface area contributed by atoms with E-state index in [9.17, 15) is 9.36 Å². The lowest BCUT2D eigenvalue weighted by Crippen LogP contribution is -2.22. The maximum Gasteiger partial charge on any atom is 0.330 e. The Morgan fingerprint density at radius 3 is 2.08 bits per heavy atom. The van der Waals surface area contributed by atoms with E-state index in [1.165, 1.54) is 19.1 Å². The Hall–Kier alpha value is -0.380. The Balaban J connectivity index is 4.01. The molecule has 13 heavy (non-hydrogen) atoms. The Morgan fingerprint density at radius 1 is 1.31 bits per heavy atom. The second-order valence-electron chi connectivity index (χ2n) is 2.74. The van der Waals surface area contributed by atoms with Crippen LogP contribution in [0.15, 0.2) is 0 Å². The zero-order chi connectivity index (χ0) is 10.5. The molecule has 0 aliphatic heterocycles. The van der Waals surface area contributed by atoms with Crippen LogP contribution in [0.3, 0.4) is 0 Å². The van der Waals surface area contributed by atoms with Gasteiger partial charge >= 0.3 is 7.60 Å². The average Bonchev–Trinajstić information content (AvgIpc) is 2.13. The van der Waals surface area contributed by atoms with Crippen molar-refractivity contribution in [1.29, 1.82) is 0 Å². The van der Waals surface area contributed by atoms with Crippen LogP contribution in [-0.2, 0) is 18.4 Å². The van der Waals surface area contributed by atoms with Gasteiger partial charge in [0, 0.05) is 34.7 Å². The number of amides is 1. The van der Waals surface area contributed by atoms with Gasteiger partial charge in [0.1, 0.15) is 0 Å². The Labute approximate surface area is 78.5 Å². The molecular formula is C7H16NO4P. The molecule has 0 rings (SSSR count). The van der Waals surface area contributed by atoms with E-state index in [1.807, 2.05) is 0 Å². The summed E-state index contributed by atoms with van der Waals surface area (Å²) in [5.41, 5.74) is 0. The number of hydrogen-bond donors (Lipinski definition) is 0. The van der Waals surface area contributed by atoms with E-state index in [4.69, 9.17) is 0 Å². The maximum absolute atomic E-state index is 11.5. The third kappa shape index (κ3) is 4.41. The topological polar surface area (TPSA) is 55.8 Å². The van der Waals surface area contributed by atoms with Gasteiger partial charge in [-0.05, 0) is 0 Å². The van der Waals surface area contributed by atoms with Crippen LogP contribution in [0.1, 0.15) is 6.42 Å². The lowest BCUT2D eigenvalue weighted by molar-refractivity contribution is -0.128. The molecule has 0 spiro atoms. The van der Waals surface area contributed by atoms with Gasteiger partial charge in [-0.2, -0.15) is 0 Å². The first kappa shape index (κ1) is 12.6. The van der Waals surface area contributed by atoms with E-state index in [0.29, 0.717) is 0 Å². The third-order valence-electron chi connectivity index (χ3n) is 1.65. The minimum atomic E-state index is -3.02. The molecule has 5 nitrogen and oxygen atoms in total. The van der Waals surface area contributed by atoms with Crippen molar-refractivity contribution >= 4 is 13.5 Å². The number of carbonyl (C=O) groups excluding carboxylic acids is 1. The summed E-state index contributed by atoms with van der Waals surface area (Å²) in [4.78, 5) is 12.6. The van der Waals surface area contributed by atoms with Gasteiger partial charge in [0.2, 0.25) is 5.91 Å². The van der Waals surface area contributed by atoms with Crippen LogP contribution in [0.2, 0.25) is 0 Å². The molecule has 0 aromatic rings. The highest BCUT2D eigenvalue weighted by Gasteiger charge is 2.22. The highest BCUT2D eigenvalue weighted by Crippen LogP contribution is 2.46. The normalized spacial score (nSPS) is 11.4. The molecule has 0 atom stereocenters. The van der Waals surface area contributed by atoms with Crippen LogP contribution < -0.4 is 0 Å². The van der Waals surface area contributed by atoms with Crippen LogP contribution in [0, 0.1) is 0 Å². The number of rotatable bonds is 5. The molecule has 6 heteroatoms. The lowest BCUT2D eigenvalue weighted by atomic mass is 10.4. The monoisotopic (exact) mass is 209 g/mol. The summed E-state index contributed by atoms with van der Waals surface area (Å²) in [5.74, 6) is -0.0886. The van der Waals surface area contributed by atoms with Crippen LogP contribution in [-0.4, -0.2) is 45.3 Å². The predicted molar refractivity (Wildman–Crippen MR) is 49.8 cm³/mol. The van der Waals surface area contributed by atoms with Gasteiger partial charge in [-0.3, -0.25) is 9.36 Å². The zero-order valence-electron chi connectivity index (χ0n) is 8.44. The molecule has 0 saturated heterocycles. The quantitative estimate of drug-likeness (QED) is 0.632. The zero-order valence-corrected chi connectivity index (χ0v) is 9.34. The smallest absolute Gasteiger partial charge is 0.330 e. The number of hydrogen-bond acceptors (Lipinski definition) is 4. The van der Waals surface area contributed by atoms with E-state index < -0.39 is 7.60 Å². The largest absolute Gasteiger partial charge is 0.349 e. The summed E-state index contributed by atoms with van der Waals surface area (Å²) >= 11 is 0. The summed E-state index contributed by atoms with van der Waals surface area (Å²) in [7, 11) is 2.89. The SMILES string of the molecule is COP(=O)(CCC(=O)N(C)C)OC. The van der Waals surface area contributed by atoms with E-state index in [1.54, 1.807) is 14.1 Å². The number of nitrogens with zero attached hydrogens (tertiary/aromatic N) is 1. The van der Waals surface area contributed by atoms with Crippen LogP contribution >= 0.6 is 7.60 Å². The summed E-state index contributed by atoms with van der Waals surface area (Å²) in [6, 6.07) is 0. The van der Waals surface area contributed by atoms with Crippen molar-refractivity contribution < 1.29 is 18.4 Å². The van der Waals surface area contributed by atoms with Crippen molar-refractivity contribution in [3.63, 3.8) is 0 Å². The van der Waals surface area contributed by atoms with Gasteiger partial charge in [-0.25, -0.2) is 0 Å². The fourth-order valence-electron chi connectivity index (χ4n) is 0.713. The van der Waals surface area contributed by atoms with Gasteiger partial charge in [0.25, 0.3) is 0 Å². The molecule has 78 valence electrons. The van der Waals surface area contributed by atoms with E-state index in [-0.39, 0.29) is 18.5 Å². The van der Waals surface area contributed by atoms with E-state index in [2.05, 4.69) is 9.05 Å². The second kappa shape index (κ2) is 5.37. The minimum absolute atomic E-state index is 0.0886. The molecule has 1 amide bonds. The molecule has 0 aliphatic carbocycles. The van der Waals surface area contributed by atoms with Gasteiger partial charge in [-0.1, -0.05) is 0 Å². The summed E-state index contributed by atoms with van der Waals surface area (Å²) in [6.45, 7) is 0. The van der Waals surface area contributed by atoms with Gasteiger partial charge in [0.15, 0.2) is 0 Å². The molecule has 0 fully saturated rings. The van der Waals surface area contributed by atoms with Crippen molar-refractivity contribution in [1.82, 2.24) is 4.90 Å². The molecule has 0 radical (unpaired) electrons. The predicted octanol–water partition coefficient (Wildman–Crippen LogP) is 0.951. The first-order chi connectivity index (χ1) is 5.95. The van der Waals surface area contributed by atoms with Crippen LogP contribution in [0.5, 0.6) is 0 Å². The molecule has 0 saturated carbocycles. The van der Waals surface area contributed by atoms with Crippen LogP contribution in [0.4, 0.5) is 0 Å². The maximum atomic E-state index is 11.5. The Morgan fingerprint density at radius 2 is 1.77 bits per heavy atom. The standard InChI is InChI=1S/C7H16NO4P/c1-8(2)7(9)5-6-13(10,11-3)12-4/h5-6H2,1-4H3. The molecule has 0 unspecified atom stereocenters. The Kier molecular flexibility index (Phi) is 5.21. The Bertz CT molecular complexity index is 209. The molecule has 0 N–H and O–H groups in total. The average molecular weight is 209 g/mol. The van der Waals surface area contributed by atoms with Gasteiger partial charge < -0.3 is 13.9 Å². The highest BCUT2D eigenvalue weighted by atomic mass is 31.2. The molecular weight excluding hydrogens is 193 g/mol. The van der Waals surface area contributed by atoms with Crippen molar-refractivity contribution in [2.24, 2.45) is 0 Å². The fourth-order valence-corrected chi connectivity index (χ4v) is 1.69. The van der Waals surface area contributed by atoms with Crippen molar-refractivity contribution in [2.75, 3.05) is 34.5 Å². The molecule has 0 aromatic carbocycles. The molecule has 0 bridgehead atoms. The highest BCUT2D eigenvalue weighted by molar-refractivity contribution is 7.53. The summed E-state index contributed by atoms with van der Waals surface area (Å²) in [6.07, 6.45) is 0.295. The molecule has 0 aromatic heterocycles. The number of carbonyl (C=O) groups is 1. The van der Waals surface area contributed by atoms with Crippen molar-refractivity contribution in [3.05, 3.63) is 0 Å². The fraction of sp³-hybridized carbons (Fsp3) is 0.857. The van der Waals surface area contributed by atoms with E-state index in [0.717, 1.165) is 0 Å². The summed E-state index contributed by atoms with van der Waals surface area (Å²) < 4.78 is 20.8. The first-order valence-corrected chi connectivity index (χ1v) is 5.58. The minimum Gasteiger partial charge on any atom is -0.349 e. The first-order valence-electron chi connectivity index (χ1n) is 3.86. The van der Waals surface area contributed by atoms with Crippen molar-refractivity contribution in [2.45, 2.75) is 6.42 Å². The van der Waals surface area contributed by atoms with Crippen LogP contribution in [0.25, 0.3) is 0 Å². The van der Waals surface area contributed by atoms with E-state index >= 15 is 0 Å². The van der Waals surface area contributed by atoms with Gasteiger partial charge in [-0.15, -0.1) is 0 Å². The third-order valence-corrected chi connectivity index (χ3v) is 3.54.